The number of hydrogen-bond donors (Lipinski definition) is 1. The van der Waals surface area contributed by atoms with Gasteiger partial charge in [-0.2, -0.15) is 0 Å². The third-order valence-electron chi connectivity index (χ3n) is 6.48. The van der Waals surface area contributed by atoms with E-state index >= 15 is 0 Å². The van der Waals surface area contributed by atoms with Crippen LogP contribution < -0.4 is 10.1 Å². The Morgan fingerprint density at radius 1 is 1.16 bits per heavy atom. The van der Waals surface area contributed by atoms with Crippen LogP contribution in [0.5, 0.6) is 5.75 Å². The lowest BCUT2D eigenvalue weighted by molar-refractivity contribution is -0.135. The van der Waals surface area contributed by atoms with Gasteiger partial charge < -0.3 is 15.0 Å². The predicted octanol–water partition coefficient (Wildman–Crippen LogP) is 3.01. The Morgan fingerprint density at radius 2 is 1.97 bits per heavy atom. The van der Waals surface area contributed by atoms with Crippen LogP contribution >= 0.6 is 0 Å². The number of aromatic nitrogens is 2. The fraction of sp³-hybridized carbons (Fsp3) is 0.500. The highest BCUT2D eigenvalue weighted by Gasteiger charge is 2.42. The predicted molar refractivity (Wildman–Crippen MR) is 117 cm³/mol. The third-order valence-corrected chi connectivity index (χ3v) is 6.48. The highest BCUT2D eigenvalue weighted by Crippen LogP contribution is 2.38. The Balaban J connectivity index is 1.45. The van der Waals surface area contributed by atoms with Crippen LogP contribution in [0.3, 0.4) is 0 Å². The molecule has 0 unspecified atom stereocenters. The highest BCUT2D eigenvalue weighted by molar-refractivity contribution is 5.92. The smallest absolute Gasteiger partial charge is 0.272 e. The fourth-order valence-corrected chi connectivity index (χ4v) is 4.57. The Bertz CT molecular complexity index is 910. The van der Waals surface area contributed by atoms with Gasteiger partial charge in [0.2, 0.25) is 5.91 Å². The zero-order chi connectivity index (χ0) is 21.7. The van der Waals surface area contributed by atoms with E-state index in [-0.39, 0.29) is 17.9 Å². The number of fused-ring (bicyclic) bond motifs is 1. The second-order valence-corrected chi connectivity index (χ2v) is 8.67. The maximum atomic E-state index is 13.3. The van der Waals surface area contributed by atoms with Crippen molar-refractivity contribution in [2.24, 2.45) is 5.41 Å². The summed E-state index contributed by atoms with van der Waals surface area (Å²) in [5.41, 5.74) is 1.19. The van der Waals surface area contributed by atoms with Crippen molar-refractivity contribution in [2.75, 3.05) is 19.7 Å². The monoisotopic (exact) mass is 422 g/mol. The maximum Gasteiger partial charge on any atom is 0.272 e. The SMILES string of the molecule is C[C@@H]1COc2ccccc2CCCCC2(CCN(C(=O)c3ccncn3)CC2)C(=O)N1. The van der Waals surface area contributed by atoms with Crippen molar-refractivity contribution in [1.82, 2.24) is 20.2 Å². The molecule has 7 nitrogen and oxygen atoms in total. The summed E-state index contributed by atoms with van der Waals surface area (Å²) in [5, 5.41) is 3.18. The van der Waals surface area contributed by atoms with Crippen LogP contribution in [0.15, 0.2) is 42.9 Å². The molecule has 7 heteroatoms. The minimum atomic E-state index is -0.435. The van der Waals surface area contributed by atoms with Crippen LogP contribution in [0, 0.1) is 5.41 Å². The molecule has 2 aliphatic heterocycles. The molecule has 1 aromatic carbocycles. The largest absolute Gasteiger partial charge is 0.491 e. The number of hydrogen-bond acceptors (Lipinski definition) is 5. The van der Waals surface area contributed by atoms with Gasteiger partial charge >= 0.3 is 0 Å². The molecule has 164 valence electrons. The van der Waals surface area contributed by atoms with Gasteiger partial charge in [-0.1, -0.05) is 24.6 Å². The summed E-state index contributed by atoms with van der Waals surface area (Å²) in [4.78, 5) is 35.8. The average Bonchev–Trinajstić information content (AvgIpc) is 2.81. The Hall–Kier alpha value is -2.96. The van der Waals surface area contributed by atoms with Gasteiger partial charge in [0.05, 0.1) is 11.5 Å². The second-order valence-electron chi connectivity index (χ2n) is 8.67. The van der Waals surface area contributed by atoms with Crippen LogP contribution in [0.1, 0.15) is 55.1 Å². The minimum Gasteiger partial charge on any atom is -0.491 e. The van der Waals surface area contributed by atoms with Gasteiger partial charge in [-0.25, -0.2) is 9.97 Å². The molecule has 1 fully saturated rings. The normalized spacial score (nSPS) is 21.8. The third kappa shape index (κ3) is 4.86. The van der Waals surface area contributed by atoms with E-state index in [0.29, 0.717) is 38.2 Å². The molecule has 2 aliphatic rings. The van der Waals surface area contributed by atoms with Crippen LogP contribution in [-0.4, -0.2) is 52.4 Å². The molecule has 1 aromatic heterocycles. The molecular weight excluding hydrogens is 392 g/mol. The van der Waals surface area contributed by atoms with E-state index in [9.17, 15) is 9.59 Å². The lowest BCUT2D eigenvalue weighted by Gasteiger charge is -2.41. The van der Waals surface area contributed by atoms with Crippen molar-refractivity contribution >= 4 is 11.8 Å². The number of rotatable bonds is 1. The number of ether oxygens (including phenoxy) is 1. The molecule has 0 aliphatic carbocycles. The number of amides is 2. The second kappa shape index (κ2) is 9.45. The minimum absolute atomic E-state index is 0.0856. The molecule has 0 radical (unpaired) electrons. The van der Waals surface area contributed by atoms with Crippen molar-refractivity contribution in [2.45, 2.75) is 51.5 Å². The van der Waals surface area contributed by atoms with Gasteiger partial charge in [-0.3, -0.25) is 9.59 Å². The summed E-state index contributed by atoms with van der Waals surface area (Å²) in [6.45, 7) is 3.54. The summed E-state index contributed by atoms with van der Waals surface area (Å²) in [6.07, 6.45) is 8.06. The van der Waals surface area contributed by atoms with Crippen LogP contribution in [-0.2, 0) is 11.2 Å². The topological polar surface area (TPSA) is 84.4 Å². The number of likely N-dealkylation sites (tertiary alicyclic amines) is 1. The van der Waals surface area contributed by atoms with E-state index in [1.165, 1.54) is 11.9 Å². The molecule has 1 spiro atoms. The van der Waals surface area contributed by atoms with E-state index in [1.54, 1.807) is 17.2 Å². The van der Waals surface area contributed by atoms with Crippen LogP contribution in [0.25, 0.3) is 0 Å². The van der Waals surface area contributed by atoms with Gasteiger partial charge in [0.1, 0.15) is 24.4 Å². The van der Waals surface area contributed by atoms with Crippen molar-refractivity contribution in [3.8, 4) is 5.75 Å². The van der Waals surface area contributed by atoms with E-state index in [4.69, 9.17) is 4.74 Å². The molecule has 0 saturated carbocycles. The van der Waals surface area contributed by atoms with Gasteiger partial charge in [-0.15, -0.1) is 0 Å². The van der Waals surface area contributed by atoms with Crippen molar-refractivity contribution in [3.63, 3.8) is 0 Å². The number of nitrogens with one attached hydrogen (secondary N) is 1. The quantitative estimate of drug-likeness (QED) is 0.764. The molecule has 2 amide bonds. The van der Waals surface area contributed by atoms with Gasteiger partial charge in [0, 0.05) is 19.3 Å². The number of aryl methyl sites for hydroxylation is 1. The molecular formula is C24H30N4O3. The molecule has 1 N–H and O–H groups in total. The van der Waals surface area contributed by atoms with Crippen molar-refractivity contribution < 1.29 is 14.3 Å². The Kier molecular flexibility index (Phi) is 6.49. The van der Waals surface area contributed by atoms with Gasteiger partial charge in [-0.05, 0) is 56.7 Å². The Labute approximate surface area is 183 Å². The molecule has 2 aromatic rings. The lowest BCUT2D eigenvalue weighted by Crippen LogP contribution is -2.52. The fourth-order valence-electron chi connectivity index (χ4n) is 4.57. The zero-order valence-corrected chi connectivity index (χ0v) is 18.0. The first-order valence-electron chi connectivity index (χ1n) is 11.1. The highest BCUT2D eigenvalue weighted by atomic mass is 16.5. The standard InChI is InChI=1S/C24H30N4O3/c1-18-16-31-21-8-3-2-6-19(21)7-4-5-10-24(23(30)27-18)11-14-28(15-12-24)22(29)20-9-13-25-17-26-20/h2-3,6,8-9,13,17-18H,4-5,7,10-12,14-16H2,1H3,(H,27,30)/t18-/m1/s1. The van der Waals surface area contributed by atoms with Gasteiger partial charge in [0.15, 0.2) is 0 Å². The number of nitrogens with zero attached hydrogens (tertiary/aromatic N) is 3. The van der Waals surface area contributed by atoms with Crippen molar-refractivity contribution in [1.29, 1.82) is 0 Å². The molecule has 3 heterocycles. The summed E-state index contributed by atoms with van der Waals surface area (Å²) in [7, 11) is 0. The Morgan fingerprint density at radius 3 is 2.74 bits per heavy atom. The summed E-state index contributed by atoms with van der Waals surface area (Å²) < 4.78 is 6.01. The summed E-state index contributed by atoms with van der Waals surface area (Å²) in [6, 6.07) is 9.70. The summed E-state index contributed by atoms with van der Waals surface area (Å²) in [5.74, 6) is 0.909. The molecule has 1 saturated heterocycles. The van der Waals surface area contributed by atoms with E-state index < -0.39 is 5.41 Å². The molecule has 0 bridgehead atoms. The number of carbonyl (C=O) groups is 2. The summed E-state index contributed by atoms with van der Waals surface area (Å²) >= 11 is 0. The van der Waals surface area contributed by atoms with E-state index in [0.717, 1.165) is 31.4 Å². The average molecular weight is 423 g/mol. The molecule has 4 rings (SSSR count). The number of piperidine rings is 1. The van der Waals surface area contributed by atoms with E-state index in [2.05, 4.69) is 21.4 Å². The van der Waals surface area contributed by atoms with Crippen molar-refractivity contribution in [3.05, 3.63) is 54.1 Å². The number of carbonyl (C=O) groups excluding carboxylic acids is 2. The number of benzene rings is 1. The molecule has 1 atom stereocenters. The first-order chi connectivity index (χ1) is 15.1. The molecule has 31 heavy (non-hydrogen) atoms. The first-order valence-corrected chi connectivity index (χ1v) is 11.1. The number of para-hydroxylation sites is 1. The first kappa shape index (κ1) is 21.3. The zero-order valence-electron chi connectivity index (χ0n) is 18.0. The van der Waals surface area contributed by atoms with Gasteiger partial charge in [0.25, 0.3) is 5.91 Å². The van der Waals surface area contributed by atoms with Crippen LogP contribution in [0.4, 0.5) is 0 Å². The van der Waals surface area contributed by atoms with Crippen LogP contribution in [0.2, 0.25) is 0 Å². The maximum absolute atomic E-state index is 13.3. The van der Waals surface area contributed by atoms with E-state index in [1.807, 2.05) is 25.1 Å². The lowest BCUT2D eigenvalue weighted by atomic mass is 9.73.